The fraction of sp³-hybridized carbons (Fsp3) is 0.364. The number of carboxylic acid groups (broad SMARTS) is 1. The van der Waals surface area contributed by atoms with E-state index in [2.05, 4.69) is 10.3 Å². The molecule has 5 nitrogen and oxygen atoms in total. The van der Waals surface area contributed by atoms with Gasteiger partial charge in [-0.1, -0.05) is 11.3 Å². The Balaban J connectivity index is 2.41. The summed E-state index contributed by atoms with van der Waals surface area (Å²) in [5, 5.41) is 18.7. The summed E-state index contributed by atoms with van der Waals surface area (Å²) in [7, 11) is 0. The van der Waals surface area contributed by atoms with Gasteiger partial charge < -0.3 is 5.11 Å². The molecule has 6 heteroatoms. The van der Waals surface area contributed by atoms with Crippen LogP contribution in [-0.4, -0.2) is 26.1 Å². The molecule has 0 saturated heterocycles. The van der Waals surface area contributed by atoms with Crippen LogP contribution in [0.25, 0.3) is 0 Å². The summed E-state index contributed by atoms with van der Waals surface area (Å²) in [4.78, 5) is 12.2. The SMILES string of the molecule is CC(C)n1nnc(C(=O)O)c1Cc1cccs1. The number of thiophene rings is 1. The molecule has 0 amide bonds. The Bertz CT molecular complexity index is 517. The maximum atomic E-state index is 11.1. The van der Waals surface area contributed by atoms with Gasteiger partial charge in [-0.25, -0.2) is 9.48 Å². The normalized spacial score (nSPS) is 11.0. The van der Waals surface area contributed by atoms with Gasteiger partial charge in [0.05, 0.1) is 5.69 Å². The van der Waals surface area contributed by atoms with Crippen LogP contribution in [0.15, 0.2) is 17.5 Å². The van der Waals surface area contributed by atoms with E-state index in [9.17, 15) is 4.79 Å². The van der Waals surface area contributed by atoms with Crippen molar-refractivity contribution in [2.24, 2.45) is 0 Å². The molecule has 2 aromatic heterocycles. The van der Waals surface area contributed by atoms with Crippen molar-refractivity contribution in [3.05, 3.63) is 33.8 Å². The van der Waals surface area contributed by atoms with Gasteiger partial charge in [0.1, 0.15) is 0 Å². The van der Waals surface area contributed by atoms with E-state index in [-0.39, 0.29) is 11.7 Å². The van der Waals surface area contributed by atoms with E-state index in [1.807, 2.05) is 31.4 Å². The molecule has 0 spiro atoms. The number of rotatable bonds is 4. The van der Waals surface area contributed by atoms with Crippen LogP contribution in [0.5, 0.6) is 0 Å². The van der Waals surface area contributed by atoms with Crippen molar-refractivity contribution in [3.8, 4) is 0 Å². The minimum absolute atomic E-state index is 0.0482. The highest BCUT2D eigenvalue weighted by Gasteiger charge is 2.20. The van der Waals surface area contributed by atoms with Crippen molar-refractivity contribution >= 4 is 17.3 Å². The fourth-order valence-corrected chi connectivity index (χ4v) is 2.35. The van der Waals surface area contributed by atoms with Crippen LogP contribution >= 0.6 is 11.3 Å². The van der Waals surface area contributed by atoms with Crippen LogP contribution in [0.3, 0.4) is 0 Å². The molecule has 0 bridgehead atoms. The standard InChI is InChI=1S/C11H13N3O2S/c1-7(2)14-9(6-8-4-3-5-17-8)10(11(15)16)12-13-14/h3-5,7H,6H2,1-2H3,(H,15,16). The van der Waals surface area contributed by atoms with E-state index < -0.39 is 5.97 Å². The molecule has 1 N–H and O–H groups in total. The first-order valence-electron chi connectivity index (χ1n) is 5.29. The minimum Gasteiger partial charge on any atom is -0.476 e. The van der Waals surface area contributed by atoms with E-state index in [0.717, 1.165) is 4.88 Å². The molecular formula is C11H13N3O2S. The monoisotopic (exact) mass is 251 g/mol. The summed E-state index contributed by atoms with van der Waals surface area (Å²) in [5.41, 5.74) is 0.710. The quantitative estimate of drug-likeness (QED) is 0.904. The molecule has 0 aliphatic heterocycles. The summed E-state index contributed by atoms with van der Waals surface area (Å²) in [5.74, 6) is -1.02. The predicted molar refractivity (Wildman–Crippen MR) is 64.5 cm³/mol. The summed E-state index contributed by atoms with van der Waals surface area (Å²) >= 11 is 1.60. The van der Waals surface area contributed by atoms with E-state index in [4.69, 9.17) is 5.11 Å². The number of hydrogen-bond donors (Lipinski definition) is 1. The average Bonchev–Trinajstić information content (AvgIpc) is 2.86. The maximum Gasteiger partial charge on any atom is 0.358 e. The van der Waals surface area contributed by atoms with Crippen LogP contribution in [0.1, 0.15) is 40.9 Å². The zero-order chi connectivity index (χ0) is 12.4. The van der Waals surface area contributed by atoms with Gasteiger partial charge in [-0.15, -0.1) is 16.4 Å². The van der Waals surface area contributed by atoms with Gasteiger partial charge in [0.15, 0.2) is 5.69 Å². The third-order valence-electron chi connectivity index (χ3n) is 2.40. The summed E-state index contributed by atoms with van der Waals surface area (Å²) < 4.78 is 1.67. The maximum absolute atomic E-state index is 11.1. The lowest BCUT2D eigenvalue weighted by Gasteiger charge is -2.09. The van der Waals surface area contributed by atoms with Crippen molar-refractivity contribution in [2.45, 2.75) is 26.3 Å². The molecule has 17 heavy (non-hydrogen) atoms. The molecule has 0 aliphatic carbocycles. The lowest BCUT2D eigenvalue weighted by Crippen LogP contribution is -2.10. The Morgan fingerprint density at radius 3 is 2.88 bits per heavy atom. The van der Waals surface area contributed by atoms with E-state index in [0.29, 0.717) is 12.1 Å². The Labute approximate surface area is 103 Å². The van der Waals surface area contributed by atoms with Crippen molar-refractivity contribution in [2.75, 3.05) is 0 Å². The number of aromatic nitrogens is 3. The molecule has 0 aliphatic rings. The van der Waals surface area contributed by atoms with Gasteiger partial charge >= 0.3 is 5.97 Å². The van der Waals surface area contributed by atoms with E-state index >= 15 is 0 Å². The fourth-order valence-electron chi connectivity index (χ4n) is 1.64. The number of carboxylic acids is 1. The highest BCUT2D eigenvalue weighted by atomic mass is 32.1. The van der Waals surface area contributed by atoms with Crippen LogP contribution < -0.4 is 0 Å². The first-order chi connectivity index (χ1) is 8.09. The van der Waals surface area contributed by atoms with Gasteiger partial charge in [-0.3, -0.25) is 0 Å². The molecular weight excluding hydrogens is 238 g/mol. The van der Waals surface area contributed by atoms with Crippen LogP contribution in [0.2, 0.25) is 0 Å². The molecule has 0 fully saturated rings. The highest BCUT2D eigenvalue weighted by Crippen LogP contribution is 2.19. The Morgan fingerprint density at radius 2 is 2.35 bits per heavy atom. The van der Waals surface area contributed by atoms with Crippen LogP contribution in [-0.2, 0) is 6.42 Å². The topological polar surface area (TPSA) is 68.0 Å². The molecule has 0 aromatic carbocycles. The third kappa shape index (κ3) is 2.36. The van der Waals surface area contributed by atoms with E-state index in [1.165, 1.54) is 0 Å². The summed E-state index contributed by atoms with van der Waals surface area (Å²) in [6.07, 6.45) is 0.560. The van der Waals surface area contributed by atoms with Crippen molar-refractivity contribution in [3.63, 3.8) is 0 Å². The molecule has 2 aromatic rings. The second kappa shape index (κ2) is 4.67. The first kappa shape index (κ1) is 11.8. The number of aromatic carboxylic acids is 1. The summed E-state index contributed by atoms with van der Waals surface area (Å²) in [6.45, 7) is 3.91. The molecule has 90 valence electrons. The second-order valence-corrected chi connectivity index (χ2v) is 5.02. The van der Waals surface area contributed by atoms with Gasteiger partial charge in [-0.2, -0.15) is 0 Å². The van der Waals surface area contributed by atoms with Gasteiger partial charge in [-0.05, 0) is 25.3 Å². The largest absolute Gasteiger partial charge is 0.476 e. The molecule has 0 radical (unpaired) electrons. The van der Waals surface area contributed by atoms with Gasteiger partial charge in [0.2, 0.25) is 0 Å². The minimum atomic E-state index is -1.02. The molecule has 0 atom stereocenters. The van der Waals surface area contributed by atoms with Crippen LogP contribution in [0.4, 0.5) is 0 Å². The Hall–Kier alpha value is -1.69. The lowest BCUT2D eigenvalue weighted by atomic mass is 10.2. The average molecular weight is 251 g/mol. The number of hydrogen-bond acceptors (Lipinski definition) is 4. The molecule has 0 unspecified atom stereocenters. The number of nitrogens with zero attached hydrogens (tertiary/aromatic N) is 3. The highest BCUT2D eigenvalue weighted by molar-refractivity contribution is 7.09. The smallest absolute Gasteiger partial charge is 0.358 e. The zero-order valence-corrected chi connectivity index (χ0v) is 10.4. The molecule has 2 heterocycles. The molecule has 0 saturated carbocycles. The summed E-state index contributed by atoms with van der Waals surface area (Å²) in [6, 6.07) is 4.03. The second-order valence-electron chi connectivity index (χ2n) is 3.98. The zero-order valence-electron chi connectivity index (χ0n) is 9.62. The van der Waals surface area contributed by atoms with Crippen molar-refractivity contribution in [1.29, 1.82) is 0 Å². The van der Waals surface area contributed by atoms with Gasteiger partial charge in [0, 0.05) is 17.3 Å². The first-order valence-corrected chi connectivity index (χ1v) is 6.17. The van der Waals surface area contributed by atoms with E-state index in [1.54, 1.807) is 16.0 Å². The third-order valence-corrected chi connectivity index (χ3v) is 3.28. The molecule has 2 rings (SSSR count). The van der Waals surface area contributed by atoms with Crippen molar-refractivity contribution < 1.29 is 9.90 Å². The predicted octanol–water partition coefficient (Wildman–Crippen LogP) is 2.21. The Morgan fingerprint density at radius 1 is 1.59 bits per heavy atom. The van der Waals surface area contributed by atoms with Crippen LogP contribution in [0, 0.1) is 0 Å². The number of carbonyl (C=O) groups is 1. The Kier molecular flexibility index (Phi) is 3.23. The lowest BCUT2D eigenvalue weighted by molar-refractivity contribution is 0.0689. The van der Waals surface area contributed by atoms with Gasteiger partial charge in [0.25, 0.3) is 0 Å². The van der Waals surface area contributed by atoms with Crippen molar-refractivity contribution in [1.82, 2.24) is 15.0 Å².